The Hall–Kier alpha value is -1.96. The molecule has 0 spiro atoms. The number of sulfonamides is 1. The number of rotatable bonds is 7. The van der Waals surface area contributed by atoms with Crippen LogP contribution in [0.4, 0.5) is 4.39 Å². The van der Waals surface area contributed by atoms with Gasteiger partial charge in [0.25, 0.3) is 0 Å². The third kappa shape index (κ3) is 4.66. The van der Waals surface area contributed by atoms with Crippen molar-refractivity contribution in [2.45, 2.75) is 31.8 Å². The topological polar surface area (TPSA) is 67.4 Å². The van der Waals surface area contributed by atoms with Crippen molar-refractivity contribution in [1.29, 1.82) is 0 Å². The third-order valence-electron chi connectivity index (χ3n) is 5.01. The van der Waals surface area contributed by atoms with E-state index in [2.05, 4.69) is 22.2 Å². The van der Waals surface area contributed by atoms with Gasteiger partial charge >= 0.3 is 0 Å². The SMILES string of the molecule is CCS(=O)(=O)NCc1cc2c(cc1F)OC[C@H](NC)[C@@H]2Cc1ccccc1. The zero-order valence-corrected chi connectivity index (χ0v) is 16.4. The summed E-state index contributed by atoms with van der Waals surface area (Å²) >= 11 is 0. The Bertz CT molecular complexity index is 888. The average molecular weight is 392 g/mol. The maximum absolute atomic E-state index is 14.5. The quantitative estimate of drug-likeness (QED) is 0.760. The zero-order valence-electron chi connectivity index (χ0n) is 15.5. The summed E-state index contributed by atoms with van der Waals surface area (Å²) in [4.78, 5) is 0. The third-order valence-corrected chi connectivity index (χ3v) is 6.36. The molecule has 5 nitrogen and oxygen atoms in total. The Morgan fingerprint density at radius 3 is 2.63 bits per heavy atom. The van der Waals surface area contributed by atoms with Gasteiger partial charge in [0.15, 0.2) is 0 Å². The largest absolute Gasteiger partial charge is 0.492 e. The number of ether oxygens (including phenoxy) is 1. The van der Waals surface area contributed by atoms with E-state index in [0.717, 1.165) is 12.0 Å². The number of hydrogen-bond acceptors (Lipinski definition) is 4. The lowest BCUT2D eigenvalue weighted by molar-refractivity contribution is 0.217. The van der Waals surface area contributed by atoms with Gasteiger partial charge in [-0.05, 0) is 37.6 Å². The molecule has 0 saturated heterocycles. The van der Waals surface area contributed by atoms with Crippen LogP contribution in [0.2, 0.25) is 0 Å². The molecule has 0 aromatic heterocycles. The summed E-state index contributed by atoms with van der Waals surface area (Å²) in [6.07, 6.45) is 0.786. The van der Waals surface area contributed by atoms with E-state index in [-0.39, 0.29) is 24.3 Å². The lowest BCUT2D eigenvalue weighted by Gasteiger charge is -2.34. The fourth-order valence-electron chi connectivity index (χ4n) is 3.38. The highest BCUT2D eigenvalue weighted by Crippen LogP contribution is 2.37. The van der Waals surface area contributed by atoms with Gasteiger partial charge in [-0.1, -0.05) is 30.3 Å². The fraction of sp³-hybridized carbons (Fsp3) is 0.400. The zero-order chi connectivity index (χ0) is 19.4. The van der Waals surface area contributed by atoms with E-state index in [1.165, 1.54) is 11.6 Å². The molecular formula is C20H25FN2O3S. The molecule has 1 aliphatic heterocycles. The highest BCUT2D eigenvalue weighted by molar-refractivity contribution is 7.89. The van der Waals surface area contributed by atoms with E-state index in [1.807, 2.05) is 25.2 Å². The molecule has 0 unspecified atom stereocenters. The molecule has 0 aliphatic carbocycles. The first-order valence-corrected chi connectivity index (χ1v) is 10.7. The Labute approximate surface area is 160 Å². The summed E-state index contributed by atoms with van der Waals surface area (Å²) < 4.78 is 46.1. The van der Waals surface area contributed by atoms with Crippen molar-refractivity contribution >= 4 is 10.0 Å². The van der Waals surface area contributed by atoms with Crippen LogP contribution in [0, 0.1) is 5.82 Å². The van der Waals surface area contributed by atoms with Gasteiger partial charge in [-0.15, -0.1) is 0 Å². The van der Waals surface area contributed by atoms with Crippen LogP contribution >= 0.6 is 0 Å². The first kappa shape index (κ1) is 19.8. The first-order chi connectivity index (χ1) is 12.9. The van der Waals surface area contributed by atoms with Gasteiger partial charge < -0.3 is 10.1 Å². The molecule has 0 bridgehead atoms. The van der Waals surface area contributed by atoms with Gasteiger partial charge in [0.2, 0.25) is 10.0 Å². The molecule has 27 heavy (non-hydrogen) atoms. The molecule has 3 rings (SSSR count). The molecule has 2 atom stereocenters. The fourth-order valence-corrected chi connectivity index (χ4v) is 3.96. The number of halogens is 1. The highest BCUT2D eigenvalue weighted by atomic mass is 32.2. The average Bonchev–Trinajstić information content (AvgIpc) is 2.67. The van der Waals surface area contributed by atoms with Crippen LogP contribution in [0.1, 0.15) is 29.5 Å². The van der Waals surface area contributed by atoms with Crippen LogP contribution in [0.25, 0.3) is 0 Å². The van der Waals surface area contributed by atoms with Crippen LogP contribution in [0.5, 0.6) is 5.75 Å². The van der Waals surface area contributed by atoms with Crippen molar-refractivity contribution in [2.75, 3.05) is 19.4 Å². The van der Waals surface area contributed by atoms with Gasteiger partial charge in [-0.3, -0.25) is 0 Å². The van der Waals surface area contributed by atoms with Crippen LogP contribution in [0.3, 0.4) is 0 Å². The van der Waals surface area contributed by atoms with E-state index >= 15 is 0 Å². The van der Waals surface area contributed by atoms with Crippen molar-refractivity contribution in [3.63, 3.8) is 0 Å². The summed E-state index contributed by atoms with van der Waals surface area (Å²) in [5.41, 5.74) is 2.41. The second-order valence-corrected chi connectivity index (χ2v) is 8.80. The highest BCUT2D eigenvalue weighted by Gasteiger charge is 2.31. The Morgan fingerprint density at radius 2 is 1.96 bits per heavy atom. The summed E-state index contributed by atoms with van der Waals surface area (Å²) in [7, 11) is -1.51. The van der Waals surface area contributed by atoms with Crippen LogP contribution in [-0.4, -0.2) is 33.9 Å². The van der Waals surface area contributed by atoms with Crippen LogP contribution in [0.15, 0.2) is 42.5 Å². The van der Waals surface area contributed by atoms with Crippen molar-refractivity contribution in [3.05, 3.63) is 65.0 Å². The Kier molecular flexibility index (Phi) is 6.14. The molecule has 2 aromatic carbocycles. The predicted octanol–water partition coefficient (Wildman–Crippen LogP) is 2.57. The minimum Gasteiger partial charge on any atom is -0.492 e. The van der Waals surface area contributed by atoms with E-state index in [1.54, 1.807) is 13.0 Å². The number of likely N-dealkylation sites (N-methyl/N-ethyl adjacent to an activating group) is 1. The number of hydrogen-bond donors (Lipinski definition) is 2. The number of benzene rings is 2. The van der Waals surface area contributed by atoms with Gasteiger partial charge in [0, 0.05) is 30.1 Å². The molecule has 1 heterocycles. The standard InChI is InChI=1S/C20H25FN2O3S/c1-3-27(24,25)23-12-15-10-17-16(9-14-7-5-4-6-8-14)19(22-2)13-26-20(17)11-18(15)21/h4-8,10-11,16,19,22-23H,3,9,12-13H2,1-2H3/t16-,19+/m1/s1. The van der Waals surface area contributed by atoms with E-state index in [0.29, 0.717) is 17.9 Å². The molecule has 0 saturated carbocycles. The molecular weight excluding hydrogens is 367 g/mol. The summed E-state index contributed by atoms with van der Waals surface area (Å²) in [5, 5.41) is 3.28. The second kappa shape index (κ2) is 8.37. The number of nitrogens with one attached hydrogen (secondary N) is 2. The molecule has 2 N–H and O–H groups in total. The molecule has 146 valence electrons. The molecule has 0 radical (unpaired) electrons. The van der Waals surface area contributed by atoms with Crippen LogP contribution in [-0.2, 0) is 23.0 Å². The van der Waals surface area contributed by atoms with E-state index in [4.69, 9.17) is 4.74 Å². The van der Waals surface area contributed by atoms with Gasteiger partial charge in [-0.25, -0.2) is 17.5 Å². The molecule has 0 fully saturated rings. The monoisotopic (exact) mass is 392 g/mol. The minimum atomic E-state index is -3.39. The minimum absolute atomic E-state index is 0.0405. The molecule has 7 heteroatoms. The van der Waals surface area contributed by atoms with Crippen LogP contribution < -0.4 is 14.8 Å². The van der Waals surface area contributed by atoms with Crippen molar-refractivity contribution in [3.8, 4) is 5.75 Å². The second-order valence-electron chi connectivity index (χ2n) is 6.71. The maximum atomic E-state index is 14.5. The Morgan fingerprint density at radius 1 is 1.22 bits per heavy atom. The van der Waals surface area contributed by atoms with Gasteiger partial charge in [0.05, 0.1) is 5.75 Å². The van der Waals surface area contributed by atoms with E-state index < -0.39 is 15.8 Å². The van der Waals surface area contributed by atoms with Gasteiger partial charge in [-0.2, -0.15) is 0 Å². The lowest BCUT2D eigenvalue weighted by atomic mass is 9.83. The number of fused-ring (bicyclic) bond motifs is 1. The summed E-state index contributed by atoms with van der Waals surface area (Å²) in [5.74, 6) is 0.125. The first-order valence-electron chi connectivity index (χ1n) is 9.07. The normalized spacial score (nSPS) is 19.4. The summed E-state index contributed by atoms with van der Waals surface area (Å²) in [6.45, 7) is 1.94. The van der Waals surface area contributed by atoms with Crippen molar-refractivity contribution in [1.82, 2.24) is 10.0 Å². The van der Waals surface area contributed by atoms with Crippen molar-refractivity contribution < 1.29 is 17.5 Å². The van der Waals surface area contributed by atoms with Gasteiger partial charge in [0.1, 0.15) is 18.2 Å². The Balaban J connectivity index is 1.93. The summed E-state index contributed by atoms with van der Waals surface area (Å²) in [6, 6.07) is 13.3. The predicted molar refractivity (Wildman–Crippen MR) is 104 cm³/mol. The van der Waals surface area contributed by atoms with Crippen molar-refractivity contribution in [2.24, 2.45) is 0 Å². The molecule has 1 aliphatic rings. The van der Waals surface area contributed by atoms with E-state index in [9.17, 15) is 12.8 Å². The molecule has 2 aromatic rings. The maximum Gasteiger partial charge on any atom is 0.211 e. The lowest BCUT2D eigenvalue weighted by Crippen LogP contribution is -2.41. The smallest absolute Gasteiger partial charge is 0.211 e. The molecule has 0 amide bonds.